The Hall–Kier alpha value is -0.160. The summed E-state index contributed by atoms with van der Waals surface area (Å²) in [4.78, 5) is 4.95. The monoisotopic (exact) mass is 282 g/mol. The maximum absolute atomic E-state index is 10.4. The third kappa shape index (κ3) is 3.35. The summed E-state index contributed by atoms with van der Waals surface area (Å²) in [6, 6.07) is 1.40. The van der Waals surface area contributed by atoms with Gasteiger partial charge >= 0.3 is 0 Å². The molecule has 0 aromatic rings. The van der Waals surface area contributed by atoms with Crippen molar-refractivity contribution in [1.82, 2.24) is 9.80 Å². The number of likely N-dealkylation sites (tertiary alicyclic amines) is 1. The highest BCUT2D eigenvalue weighted by molar-refractivity contribution is 4.95. The zero-order chi connectivity index (χ0) is 13.9. The first-order valence-corrected chi connectivity index (χ1v) is 8.48. The molecule has 2 aliphatic heterocycles. The van der Waals surface area contributed by atoms with Crippen molar-refractivity contribution < 1.29 is 9.84 Å². The van der Waals surface area contributed by atoms with Crippen LogP contribution >= 0.6 is 0 Å². The van der Waals surface area contributed by atoms with Crippen LogP contribution in [0.5, 0.6) is 0 Å². The van der Waals surface area contributed by atoms with Crippen molar-refractivity contribution in [3.63, 3.8) is 0 Å². The van der Waals surface area contributed by atoms with E-state index in [1.54, 1.807) is 0 Å². The van der Waals surface area contributed by atoms with Crippen LogP contribution < -0.4 is 0 Å². The molecule has 3 aliphatic rings. The molecular weight excluding hydrogens is 252 g/mol. The molecular formula is C16H30N2O2. The molecule has 20 heavy (non-hydrogen) atoms. The van der Waals surface area contributed by atoms with Crippen molar-refractivity contribution in [3.8, 4) is 0 Å². The lowest BCUT2D eigenvalue weighted by Crippen LogP contribution is -2.47. The predicted molar refractivity (Wildman–Crippen MR) is 79.8 cm³/mol. The minimum atomic E-state index is -0.212. The average molecular weight is 282 g/mol. The van der Waals surface area contributed by atoms with E-state index < -0.39 is 0 Å². The van der Waals surface area contributed by atoms with E-state index in [2.05, 4.69) is 16.7 Å². The van der Waals surface area contributed by atoms with Crippen molar-refractivity contribution in [2.75, 3.05) is 39.4 Å². The second kappa shape index (κ2) is 6.73. The number of aliphatic hydroxyl groups excluding tert-OH is 1. The fourth-order valence-electron chi connectivity index (χ4n) is 4.50. The Bertz CT molecular complexity index is 307. The Morgan fingerprint density at radius 3 is 2.70 bits per heavy atom. The second-order valence-corrected chi connectivity index (χ2v) is 6.96. The van der Waals surface area contributed by atoms with Gasteiger partial charge in [0.25, 0.3) is 0 Å². The van der Waals surface area contributed by atoms with Gasteiger partial charge in [-0.25, -0.2) is 0 Å². The Morgan fingerprint density at radius 1 is 1.15 bits per heavy atom. The zero-order valence-electron chi connectivity index (χ0n) is 12.8. The number of hydrogen-bond acceptors (Lipinski definition) is 4. The number of hydrogen-bond donors (Lipinski definition) is 1. The molecule has 0 spiro atoms. The highest BCUT2D eigenvalue weighted by atomic mass is 16.5. The van der Waals surface area contributed by atoms with Crippen LogP contribution in [0.15, 0.2) is 0 Å². The van der Waals surface area contributed by atoms with Gasteiger partial charge in [0.15, 0.2) is 0 Å². The lowest BCUT2D eigenvalue weighted by molar-refractivity contribution is 0.000707. The quantitative estimate of drug-likeness (QED) is 0.844. The van der Waals surface area contributed by atoms with Gasteiger partial charge in [-0.2, -0.15) is 0 Å². The molecule has 2 heterocycles. The maximum Gasteiger partial charge on any atom is 0.0794 e. The van der Waals surface area contributed by atoms with Crippen LogP contribution in [0.3, 0.4) is 0 Å². The fourth-order valence-corrected chi connectivity index (χ4v) is 4.50. The fraction of sp³-hybridized carbons (Fsp3) is 1.00. The summed E-state index contributed by atoms with van der Waals surface area (Å²) in [6.07, 6.45) is 6.68. The van der Waals surface area contributed by atoms with Gasteiger partial charge in [0, 0.05) is 38.3 Å². The molecule has 2 saturated heterocycles. The smallest absolute Gasteiger partial charge is 0.0794 e. The molecule has 3 fully saturated rings. The minimum Gasteiger partial charge on any atom is -0.390 e. The van der Waals surface area contributed by atoms with E-state index in [1.807, 2.05) is 0 Å². The molecule has 4 atom stereocenters. The summed E-state index contributed by atoms with van der Waals surface area (Å²) < 4.78 is 5.37. The van der Waals surface area contributed by atoms with E-state index in [4.69, 9.17) is 4.74 Å². The number of ether oxygens (including phenoxy) is 1. The van der Waals surface area contributed by atoms with Crippen LogP contribution in [0.4, 0.5) is 0 Å². The van der Waals surface area contributed by atoms with Gasteiger partial charge in [0.1, 0.15) is 0 Å². The normalized spacial score (nSPS) is 37.8. The van der Waals surface area contributed by atoms with Gasteiger partial charge in [0.2, 0.25) is 0 Å². The van der Waals surface area contributed by atoms with E-state index in [9.17, 15) is 5.11 Å². The lowest BCUT2D eigenvalue weighted by atomic mass is 9.85. The molecule has 0 aromatic carbocycles. The van der Waals surface area contributed by atoms with Crippen LogP contribution in [-0.2, 0) is 4.74 Å². The van der Waals surface area contributed by atoms with Crippen LogP contribution in [0.1, 0.15) is 39.0 Å². The van der Waals surface area contributed by atoms with Crippen LogP contribution in [0.25, 0.3) is 0 Å². The van der Waals surface area contributed by atoms with Crippen LogP contribution in [-0.4, -0.2) is 72.5 Å². The molecule has 1 aliphatic carbocycles. The van der Waals surface area contributed by atoms with Crippen LogP contribution in [0.2, 0.25) is 0 Å². The molecule has 1 N–H and O–H groups in total. The minimum absolute atomic E-state index is 0.212. The number of morpholine rings is 1. The summed E-state index contributed by atoms with van der Waals surface area (Å²) >= 11 is 0. The molecule has 0 radical (unpaired) electrons. The van der Waals surface area contributed by atoms with Gasteiger partial charge in [-0.1, -0.05) is 12.8 Å². The van der Waals surface area contributed by atoms with E-state index in [1.165, 1.54) is 32.1 Å². The summed E-state index contributed by atoms with van der Waals surface area (Å²) in [6.45, 7) is 7.59. The van der Waals surface area contributed by atoms with E-state index in [0.29, 0.717) is 6.04 Å². The topological polar surface area (TPSA) is 35.9 Å². The summed E-state index contributed by atoms with van der Waals surface area (Å²) in [7, 11) is 0. The highest BCUT2D eigenvalue weighted by Gasteiger charge is 2.40. The predicted octanol–water partition coefficient (Wildman–Crippen LogP) is 1.33. The van der Waals surface area contributed by atoms with Gasteiger partial charge in [-0.3, -0.25) is 9.80 Å². The average Bonchev–Trinajstić information content (AvgIpc) is 2.76. The maximum atomic E-state index is 10.4. The molecule has 0 bridgehead atoms. The molecule has 4 nitrogen and oxygen atoms in total. The summed E-state index contributed by atoms with van der Waals surface area (Å²) in [5.74, 6) is 0.898. The Labute approximate surface area is 123 Å². The molecule has 3 rings (SSSR count). The molecule has 4 heteroatoms. The van der Waals surface area contributed by atoms with Gasteiger partial charge in [0.05, 0.1) is 19.3 Å². The van der Waals surface area contributed by atoms with Crippen molar-refractivity contribution in [2.24, 2.45) is 5.92 Å². The molecule has 0 amide bonds. The first kappa shape index (κ1) is 14.8. The number of fused-ring (bicyclic) bond motifs is 1. The molecule has 1 saturated carbocycles. The van der Waals surface area contributed by atoms with Crippen molar-refractivity contribution in [1.29, 1.82) is 0 Å². The van der Waals surface area contributed by atoms with E-state index in [0.717, 1.165) is 51.4 Å². The van der Waals surface area contributed by atoms with Crippen molar-refractivity contribution in [3.05, 3.63) is 0 Å². The Balaban J connectivity index is 1.50. The summed E-state index contributed by atoms with van der Waals surface area (Å²) in [5.41, 5.74) is 0. The SMILES string of the molecule is C[C@H]1C[C@@H]2CCCC[C@@H]2N1C[C@H](O)CN1CCOCC1. The first-order chi connectivity index (χ1) is 9.74. The third-order valence-corrected chi connectivity index (χ3v) is 5.50. The third-order valence-electron chi connectivity index (χ3n) is 5.50. The number of nitrogens with zero attached hydrogens (tertiary/aromatic N) is 2. The Kier molecular flexibility index (Phi) is 4.97. The van der Waals surface area contributed by atoms with Crippen molar-refractivity contribution >= 4 is 0 Å². The number of β-amino-alcohol motifs (C(OH)–C–C–N with tert-alkyl or cyclic N) is 1. The van der Waals surface area contributed by atoms with Crippen LogP contribution in [0, 0.1) is 5.92 Å². The van der Waals surface area contributed by atoms with Gasteiger partial charge in [-0.15, -0.1) is 0 Å². The standard InChI is InChI=1S/C16H30N2O2/c1-13-10-14-4-2-3-5-16(14)18(13)12-15(19)11-17-6-8-20-9-7-17/h13-16,19H,2-12H2,1H3/t13-,14-,15+,16-/m0/s1. The first-order valence-electron chi connectivity index (χ1n) is 8.48. The number of rotatable bonds is 4. The molecule has 116 valence electrons. The molecule has 0 aromatic heterocycles. The largest absolute Gasteiger partial charge is 0.390 e. The van der Waals surface area contributed by atoms with Gasteiger partial charge < -0.3 is 9.84 Å². The van der Waals surface area contributed by atoms with Crippen molar-refractivity contribution in [2.45, 2.75) is 57.2 Å². The molecule has 0 unspecified atom stereocenters. The van der Waals surface area contributed by atoms with E-state index in [-0.39, 0.29) is 6.10 Å². The lowest BCUT2D eigenvalue weighted by Gasteiger charge is -2.36. The Morgan fingerprint density at radius 2 is 1.90 bits per heavy atom. The second-order valence-electron chi connectivity index (χ2n) is 6.96. The highest BCUT2D eigenvalue weighted by Crippen LogP contribution is 2.39. The zero-order valence-corrected chi connectivity index (χ0v) is 12.8. The summed E-state index contributed by atoms with van der Waals surface area (Å²) in [5, 5.41) is 10.4. The van der Waals surface area contributed by atoms with Gasteiger partial charge in [-0.05, 0) is 32.1 Å². The number of aliphatic hydroxyl groups is 1. The van der Waals surface area contributed by atoms with E-state index >= 15 is 0 Å².